The Hall–Kier alpha value is -1.14. The smallest absolute Gasteiger partial charge is 0.210 e. The summed E-state index contributed by atoms with van der Waals surface area (Å²) in [6.07, 6.45) is 5.86. The van der Waals surface area contributed by atoms with E-state index in [-0.39, 0.29) is 5.82 Å². The van der Waals surface area contributed by atoms with Gasteiger partial charge in [0.05, 0.1) is 10.5 Å². The fourth-order valence-corrected chi connectivity index (χ4v) is 2.46. The number of hydrazine groups is 1. The Morgan fingerprint density at radius 1 is 1.32 bits per heavy atom. The summed E-state index contributed by atoms with van der Waals surface area (Å²) >= 11 is 3.12. The van der Waals surface area contributed by atoms with E-state index in [9.17, 15) is 4.39 Å². The number of hydrogen-bond acceptors (Lipinski definition) is 2. The standard InChI is InChI=1S/C13H18BrFN4/c14-11-7-6-10(8-12(11)15)18-13(19-16)17-9-4-2-1-3-5-9/h6-9H,1-5,16H2,(H2,17,18,19). The molecule has 0 unspecified atom stereocenters. The first-order chi connectivity index (χ1) is 9.19. The Bertz CT molecular complexity index is 458. The summed E-state index contributed by atoms with van der Waals surface area (Å²) in [6, 6.07) is 5.11. The van der Waals surface area contributed by atoms with Gasteiger partial charge in [0.2, 0.25) is 5.96 Å². The summed E-state index contributed by atoms with van der Waals surface area (Å²) in [4.78, 5) is 4.54. The summed E-state index contributed by atoms with van der Waals surface area (Å²) in [5.41, 5.74) is 3.16. The average molecular weight is 329 g/mol. The van der Waals surface area contributed by atoms with E-state index in [0.717, 1.165) is 12.8 Å². The zero-order valence-corrected chi connectivity index (χ0v) is 12.2. The third-order valence-corrected chi connectivity index (χ3v) is 3.85. The fourth-order valence-electron chi connectivity index (χ4n) is 2.21. The van der Waals surface area contributed by atoms with E-state index in [4.69, 9.17) is 5.84 Å². The van der Waals surface area contributed by atoms with Crippen molar-refractivity contribution >= 4 is 27.6 Å². The average Bonchev–Trinajstić information content (AvgIpc) is 2.43. The van der Waals surface area contributed by atoms with E-state index in [0.29, 0.717) is 22.2 Å². The van der Waals surface area contributed by atoms with Crippen LogP contribution in [-0.4, -0.2) is 12.0 Å². The summed E-state index contributed by atoms with van der Waals surface area (Å²) in [5, 5.41) is 3.00. The lowest BCUT2D eigenvalue weighted by Crippen LogP contribution is -2.37. The molecule has 0 amide bonds. The number of guanidine groups is 1. The van der Waals surface area contributed by atoms with Crippen molar-refractivity contribution in [3.8, 4) is 0 Å². The van der Waals surface area contributed by atoms with Gasteiger partial charge in [0.15, 0.2) is 0 Å². The highest BCUT2D eigenvalue weighted by atomic mass is 79.9. The number of nitrogens with one attached hydrogen (secondary N) is 2. The number of hydrogen-bond donors (Lipinski definition) is 3. The molecule has 0 bridgehead atoms. The Morgan fingerprint density at radius 2 is 2.05 bits per heavy atom. The van der Waals surface area contributed by atoms with Gasteiger partial charge < -0.3 is 5.32 Å². The molecule has 1 aromatic rings. The van der Waals surface area contributed by atoms with E-state index in [1.54, 1.807) is 12.1 Å². The maximum Gasteiger partial charge on any atom is 0.210 e. The topological polar surface area (TPSA) is 62.4 Å². The van der Waals surface area contributed by atoms with Gasteiger partial charge in [-0.25, -0.2) is 15.2 Å². The van der Waals surface area contributed by atoms with Crippen LogP contribution in [0.5, 0.6) is 0 Å². The SMILES string of the molecule is NNC(=NC1CCCCC1)Nc1ccc(Br)c(F)c1. The maximum absolute atomic E-state index is 13.4. The number of nitrogens with two attached hydrogens (primary N) is 1. The van der Waals surface area contributed by atoms with Crippen molar-refractivity contribution in [3.63, 3.8) is 0 Å². The van der Waals surface area contributed by atoms with Crippen molar-refractivity contribution in [2.75, 3.05) is 5.32 Å². The lowest BCUT2D eigenvalue weighted by molar-refractivity contribution is 0.442. The van der Waals surface area contributed by atoms with E-state index >= 15 is 0 Å². The molecule has 1 aromatic carbocycles. The highest BCUT2D eigenvalue weighted by molar-refractivity contribution is 9.10. The van der Waals surface area contributed by atoms with E-state index in [1.807, 2.05) is 0 Å². The van der Waals surface area contributed by atoms with Gasteiger partial charge >= 0.3 is 0 Å². The fraction of sp³-hybridized carbons (Fsp3) is 0.462. The zero-order valence-electron chi connectivity index (χ0n) is 10.6. The van der Waals surface area contributed by atoms with Gasteiger partial charge in [-0.1, -0.05) is 19.3 Å². The van der Waals surface area contributed by atoms with Gasteiger partial charge in [-0.05, 0) is 47.0 Å². The van der Waals surface area contributed by atoms with Crippen LogP contribution in [0.3, 0.4) is 0 Å². The molecule has 0 spiro atoms. The molecule has 4 N–H and O–H groups in total. The highest BCUT2D eigenvalue weighted by Crippen LogP contribution is 2.21. The monoisotopic (exact) mass is 328 g/mol. The molecule has 0 atom stereocenters. The molecule has 1 saturated carbocycles. The van der Waals surface area contributed by atoms with E-state index < -0.39 is 0 Å². The second-order valence-electron chi connectivity index (χ2n) is 4.67. The molecule has 4 nitrogen and oxygen atoms in total. The Morgan fingerprint density at radius 3 is 2.68 bits per heavy atom. The predicted octanol–water partition coefficient (Wildman–Crippen LogP) is 3.15. The van der Waals surface area contributed by atoms with Crippen LogP contribution in [-0.2, 0) is 0 Å². The van der Waals surface area contributed by atoms with E-state index in [1.165, 1.54) is 25.3 Å². The third kappa shape index (κ3) is 4.18. The van der Waals surface area contributed by atoms with Gasteiger partial charge in [0.25, 0.3) is 0 Å². The van der Waals surface area contributed by atoms with Crippen LogP contribution in [0.1, 0.15) is 32.1 Å². The van der Waals surface area contributed by atoms with Crippen molar-refractivity contribution in [1.29, 1.82) is 0 Å². The third-order valence-electron chi connectivity index (χ3n) is 3.21. The van der Waals surface area contributed by atoms with Crippen LogP contribution in [0.2, 0.25) is 0 Å². The molecule has 0 aliphatic heterocycles. The molecule has 19 heavy (non-hydrogen) atoms. The largest absolute Gasteiger partial charge is 0.325 e. The molecule has 1 aliphatic rings. The molecular weight excluding hydrogens is 311 g/mol. The minimum absolute atomic E-state index is 0.299. The Balaban J connectivity index is 2.05. The highest BCUT2D eigenvalue weighted by Gasteiger charge is 2.13. The number of benzene rings is 1. The summed E-state index contributed by atoms with van der Waals surface area (Å²) in [5.74, 6) is 5.62. The van der Waals surface area contributed by atoms with Crippen molar-refractivity contribution in [3.05, 3.63) is 28.5 Å². The molecule has 6 heteroatoms. The number of nitrogens with zero attached hydrogens (tertiary/aromatic N) is 1. The van der Waals surface area contributed by atoms with Crippen LogP contribution >= 0.6 is 15.9 Å². The molecule has 1 fully saturated rings. The maximum atomic E-state index is 13.4. The zero-order chi connectivity index (χ0) is 13.7. The number of halogens is 2. The van der Waals surface area contributed by atoms with Gasteiger partial charge in [0.1, 0.15) is 5.82 Å². The van der Waals surface area contributed by atoms with Gasteiger partial charge in [-0.15, -0.1) is 0 Å². The summed E-state index contributed by atoms with van der Waals surface area (Å²) < 4.78 is 13.8. The molecule has 2 rings (SSSR count). The first kappa shape index (κ1) is 14.3. The van der Waals surface area contributed by atoms with Crippen LogP contribution in [0, 0.1) is 5.82 Å². The van der Waals surface area contributed by atoms with Crippen LogP contribution in [0.4, 0.5) is 10.1 Å². The van der Waals surface area contributed by atoms with Gasteiger partial charge in [-0.2, -0.15) is 0 Å². The molecule has 104 valence electrons. The predicted molar refractivity (Wildman–Crippen MR) is 79.4 cm³/mol. The normalized spacial score (nSPS) is 17.3. The first-order valence-electron chi connectivity index (χ1n) is 6.45. The lowest BCUT2D eigenvalue weighted by atomic mass is 9.96. The summed E-state index contributed by atoms with van der Waals surface area (Å²) in [6.45, 7) is 0. The molecule has 1 aliphatic carbocycles. The van der Waals surface area contributed by atoms with Gasteiger partial charge in [0, 0.05) is 5.69 Å². The lowest BCUT2D eigenvalue weighted by Gasteiger charge is -2.19. The summed E-state index contributed by atoms with van der Waals surface area (Å²) in [7, 11) is 0. The quantitative estimate of drug-likeness (QED) is 0.338. The van der Waals surface area contributed by atoms with Crippen molar-refractivity contribution in [2.24, 2.45) is 10.8 Å². The van der Waals surface area contributed by atoms with Gasteiger partial charge in [-0.3, -0.25) is 5.43 Å². The van der Waals surface area contributed by atoms with Crippen molar-refractivity contribution < 1.29 is 4.39 Å². The van der Waals surface area contributed by atoms with Crippen LogP contribution in [0.25, 0.3) is 0 Å². The molecule has 0 heterocycles. The second kappa shape index (κ2) is 6.86. The molecule has 0 aromatic heterocycles. The molecular formula is C13H18BrFN4. The van der Waals surface area contributed by atoms with E-state index in [2.05, 4.69) is 31.7 Å². The first-order valence-corrected chi connectivity index (χ1v) is 7.25. The second-order valence-corrected chi connectivity index (χ2v) is 5.52. The molecule has 0 radical (unpaired) electrons. The minimum atomic E-state index is -0.320. The van der Waals surface area contributed by atoms with Crippen LogP contribution in [0.15, 0.2) is 27.7 Å². The molecule has 0 saturated heterocycles. The van der Waals surface area contributed by atoms with Crippen molar-refractivity contribution in [1.82, 2.24) is 5.43 Å². The number of aliphatic imine (C=N–C) groups is 1. The van der Waals surface area contributed by atoms with Crippen molar-refractivity contribution in [2.45, 2.75) is 38.1 Å². The Kier molecular flexibility index (Phi) is 5.15. The Labute approximate surface area is 120 Å². The van der Waals surface area contributed by atoms with Crippen LogP contribution < -0.4 is 16.6 Å². The number of rotatable bonds is 2. The minimum Gasteiger partial charge on any atom is -0.325 e. The number of anilines is 1.